The number of hydrogen-bond acceptors (Lipinski definition) is 3. The van der Waals surface area contributed by atoms with Crippen molar-refractivity contribution in [2.24, 2.45) is 0 Å². The highest BCUT2D eigenvalue weighted by atomic mass is 19.4. The molecule has 0 spiro atoms. The Bertz CT molecular complexity index is 1150. The number of aliphatic hydroxyl groups is 1. The Labute approximate surface area is 175 Å². The number of para-hydroxylation sites is 1. The summed E-state index contributed by atoms with van der Waals surface area (Å²) in [5.41, 5.74) is -1.86. The third-order valence-electron chi connectivity index (χ3n) is 5.11. The molecule has 1 atom stereocenters. The molecule has 0 saturated heterocycles. The molecule has 158 valence electrons. The number of amides is 2. The molecule has 3 aromatic carbocycles. The van der Waals surface area contributed by atoms with E-state index in [1.54, 1.807) is 54.6 Å². The van der Waals surface area contributed by atoms with E-state index in [-0.39, 0.29) is 5.69 Å². The van der Waals surface area contributed by atoms with Crippen LogP contribution < -0.4 is 10.2 Å². The molecule has 2 amide bonds. The molecule has 8 heteroatoms. The van der Waals surface area contributed by atoms with E-state index in [9.17, 15) is 27.9 Å². The fraction of sp³-hybridized carbons (Fsp3) is 0.130. The van der Waals surface area contributed by atoms with Crippen LogP contribution in [0.3, 0.4) is 0 Å². The Balaban J connectivity index is 1.61. The zero-order valence-electron chi connectivity index (χ0n) is 16.1. The number of anilines is 2. The van der Waals surface area contributed by atoms with Crippen molar-refractivity contribution in [2.75, 3.05) is 16.8 Å². The molecule has 1 heterocycles. The Morgan fingerprint density at radius 1 is 0.968 bits per heavy atom. The average Bonchev–Trinajstić information content (AvgIpc) is 2.97. The molecule has 5 nitrogen and oxygen atoms in total. The quantitative estimate of drug-likeness (QED) is 0.664. The highest BCUT2D eigenvalue weighted by Crippen LogP contribution is 2.44. The second-order valence-corrected chi connectivity index (χ2v) is 7.11. The number of hydrogen-bond donors (Lipinski definition) is 2. The molecule has 0 bridgehead atoms. The molecule has 0 aliphatic carbocycles. The third-order valence-corrected chi connectivity index (χ3v) is 5.11. The number of rotatable bonds is 4. The molecule has 0 radical (unpaired) electrons. The second-order valence-electron chi connectivity index (χ2n) is 7.11. The molecule has 3 aromatic rings. The van der Waals surface area contributed by atoms with Gasteiger partial charge in [-0.25, -0.2) is 0 Å². The van der Waals surface area contributed by atoms with Crippen molar-refractivity contribution in [1.29, 1.82) is 0 Å². The van der Waals surface area contributed by atoms with Gasteiger partial charge in [0.25, 0.3) is 5.91 Å². The lowest BCUT2D eigenvalue weighted by Gasteiger charge is -2.23. The summed E-state index contributed by atoms with van der Waals surface area (Å²) in [5, 5.41) is 13.7. The van der Waals surface area contributed by atoms with Crippen molar-refractivity contribution in [3.8, 4) is 0 Å². The third kappa shape index (κ3) is 3.66. The minimum Gasteiger partial charge on any atom is -0.372 e. The molecule has 0 aromatic heterocycles. The molecular formula is C23H17F3N2O3. The number of benzene rings is 3. The fourth-order valence-corrected chi connectivity index (χ4v) is 3.67. The summed E-state index contributed by atoms with van der Waals surface area (Å²) in [4.78, 5) is 26.9. The first-order valence-electron chi connectivity index (χ1n) is 9.38. The molecular weight excluding hydrogens is 409 g/mol. The number of halogens is 3. The largest absolute Gasteiger partial charge is 0.416 e. The van der Waals surface area contributed by atoms with Gasteiger partial charge in [0.2, 0.25) is 5.91 Å². The van der Waals surface area contributed by atoms with Crippen LogP contribution in [0, 0.1) is 0 Å². The van der Waals surface area contributed by atoms with Crippen molar-refractivity contribution >= 4 is 23.2 Å². The lowest BCUT2D eigenvalue weighted by Crippen LogP contribution is -2.44. The summed E-state index contributed by atoms with van der Waals surface area (Å²) < 4.78 is 38.7. The van der Waals surface area contributed by atoms with Crippen LogP contribution >= 0.6 is 0 Å². The number of carbonyl (C=O) groups excluding carboxylic acids is 2. The van der Waals surface area contributed by atoms with Gasteiger partial charge in [-0.05, 0) is 29.8 Å². The SMILES string of the molecule is O=C(CN1C(=O)[C@@](O)(c2ccccc2)c2ccccc21)Nc1cccc(C(F)(F)F)c1. The van der Waals surface area contributed by atoms with Crippen LogP contribution in [0.15, 0.2) is 78.9 Å². The summed E-state index contributed by atoms with van der Waals surface area (Å²) in [6.45, 7) is -0.471. The number of fused-ring (bicyclic) bond motifs is 1. The predicted molar refractivity (Wildman–Crippen MR) is 108 cm³/mol. The van der Waals surface area contributed by atoms with Crippen LogP contribution in [0.5, 0.6) is 0 Å². The first kappa shape index (κ1) is 20.6. The normalized spacial score (nSPS) is 18.1. The molecule has 4 rings (SSSR count). The van der Waals surface area contributed by atoms with Gasteiger partial charge in [-0.15, -0.1) is 0 Å². The van der Waals surface area contributed by atoms with Crippen molar-refractivity contribution in [3.63, 3.8) is 0 Å². The molecule has 1 aliphatic heterocycles. The average molecular weight is 426 g/mol. The van der Waals surface area contributed by atoms with E-state index in [1.165, 1.54) is 12.1 Å². The van der Waals surface area contributed by atoms with Gasteiger partial charge in [-0.3, -0.25) is 14.5 Å². The minimum atomic E-state index is -4.54. The monoisotopic (exact) mass is 426 g/mol. The number of carbonyl (C=O) groups is 2. The van der Waals surface area contributed by atoms with E-state index in [4.69, 9.17) is 0 Å². The summed E-state index contributed by atoms with van der Waals surface area (Å²) in [6, 6.07) is 19.1. The summed E-state index contributed by atoms with van der Waals surface area (Å²) in [6.07, 6.45) is -4.54. The number of nitrogens with zero attached hydrogens (tertiary/aromatic N) is 1. The maximum Gasteiger partial charge on any atom is 0.416 e. The predicted octanol–water partition coefficient (Wildman–Crippen LogP) is 3.93. The van der Waals surface area contributed by atoms with Crippen molar-refractivity contribution in [2.45, 2.75) is 11.8 Å². The first-order valence-corrected chi connectivity index (χ1v) is 9.38. The van der Waals surface area contributed by atoms with Crippen LogP contribution in [0.2, 0.25) is 0 Å². The van der Waals surface area contributed by atoms with Crippen LogP contribution in [-0.2, 0) is 21.4 Å². The van der Waals surface area contributed by atoms with E-state index < -0.39 is 35.7 Å². The second kappa shape index (κ2) is 7.55. The van der Waals surface area contributed by atoms with Gasteiger partial charge in [0.15, 0.2) is 5.60 Å². The Kier molecular flexibility index (Phi) is 5.02. The molecule has 2 N–H and O–H groups in total. The topological polar surface area (TPSA) is 69.6 Å². The summed E-state index contributed by atoms with van der Waals surface area (Å²) >= 11 is 0. The Morgan fingerprint density at radius 2 is 1.65 bits per heavy atom. The summed E-state index contributed by atoms with van der Waals surface area (Å²) in [7, 11) is 0. The Morgan fingerprint density at radius 3 is 2.35 bits per heavy atom. The van der Waals surface area contributed by atoms with E-state index >= 15 is 0 Å². The first-order chi connectivity index (χ1) is 14.7. The van der Waals surface area contributed by atoms with Gasteiger partial charge < -0.3 is 10.4 Å². The van der Waals surface area contributed by atoms with Gasteiger partial charge in [0.1, 0.15) is 6.54 Å². The van der Waals surface area contributed by atoms with Gasteiger partial charge in [-0.1, -0.05) is 54.6 Å². The minimum absolute atomic E-state index is 0.0434. The highest BCUT2D eigenvalue weighted by molar-refractivity contribution is 6.12. The van der Waals surface area contributed by atoms with E-state index in [0.29, 0.717) is 16.8 Å². The van der Waals surface area contributed by atoms with Crippen molar-refractivity contribution < 1.29 is 27.9 Å². The van der Waals surface area contributed by atoms with E-state index in [0.717, 1.165) is 17.0 Å². The van der Waals surface area contributed by atoms with E-state index in [2.05, 4.69) is 5.32 Å². The molecule has 31 heavy (non-hydrogen) atoms. The van der Waals surface area contributed by atoms with Crippen LogP contribution in [-0.4, -0.2) is 23.5 Å². The lowest BCUT2D eigenvalue weighted by molar-refractivity contribution is -0.137. The zero-order valence-corrected chi connectivity index (χ0v) is 16.1. The highest BCUT2D eigenvalue weighted by Gasteiger charge is 2.51. The standard InChI is InChI=1S/C23H17F3N2O3/c24-23(25,26)16-9-6-10-17(13-16)27-20(29)14-28-19-12-5-4-11-18(19)22(31,21(28)30)15-7-2-1-3-8-15/h1-13,31H,14H2,(H,27,29)/t22-/m1/s1. The van der Waals surface area contributed by atoms with Gasteiger partial charge in [0, 0.05) is 11.3 Å². The molecule has 1 aliphatic rings. The number of alkyl halides is 3. The van der Waals surface area contributed by atoms with E-state index in [1.807, 2.05) is 0 Å². The van der Waals surface area contributed by atoms with Crippen molar-refractivity contribution in [1.82, 2.24) is 0 Å². The molecule has 0 saturated carbocycles. The van der Waals surface area contributed by atoms with Crippen LogP contribution in [0.25, 0.3) is 0 Å². The van der Waals surface area contributed by atoms with Crippen LogP contribution in [0.1, 0.15) is 16.7 Å². The summed E-state index contributed by atoms with van der Waals surface area (Å²) in [5.74, 6) is -1.40. The number of nitrogens with one attached hydrogen (secondary N) is 1. The van der Waals surface area contributed by atoms with Crippen LogP contribution in [0.4, 0.5) is 24.5 Å². The zero-order chi connectivity index (χ0) is 22.2. The maximum atomic E-state index is 13.2. The lowest BCUT2D eigenvalue weighted by atomic mass is 9.88. The van der Waals surface area contributed by atoms with Crippen molar-refractivity contribution in [3.05, 3.63) is 95.6 Å². The molecule has 0 unspecified atom stereocenters. The Hall–Kier alpha value is -3.65. The fourth-order valence-electron chi connectivity index (χ4n) is 3.67. The molecule has 0 fully saturated rings. The smallest absolute Gasteiger partial charge is 0.372 e. The maximum absolute atomic E-state index is 13.2. The van der Waals surface area contributed by atoms with Gasteiger partial charge >= 0.3 is 6.18 Å². The van der Waals surface area contributed by atoms with Gasteiger partial charge in [-0.2, -0.15) is 13.2 Å². The van der Waals surface area contributed by atoms with Gasteiger partial charge in [0.05, 0.1) is 11.3 Å².